The van der Waals surface area contributed by atoms with E-state index < -0.39 is 20.9 Å². The summed E-state index contributed by atoms with van der Waals surface area (Å²) in [6.45, 7) is 0. The minimum atomic E-state index is -1.44. The number of aldehydes is 1. The predicted octanol–water partition coefficient (Wildman–Crippen LogP) is 23.4. The molecule has 10 aromatic carbocycles. The van der Waals surface area contributed by atoms with Crippen molar-refractivity contribution in [1.29, 1.82) is 0 Å². The summed E-state index contributed by atoms with van der Waals surface area (Å²) in [6, 6.07) is 89.4. The molecule has 715 valence electrons. The van der Waals surface area contributed by atoms with Crippen LogP contribution in [0.3, 0.4) is 0 Å². The number of benzene rings is 10. The van der Waals surface area contributed by atoms with Crippen molar-refractivity contribution in [2.75, 3.05) is 76.5 Å². The Hall–Kier alpha value is -13.3. The third-order valence-electron chi connectivity index (χ3n) is 21.7. The summed E-state index contributed by atoms with van der Waals surface area (Å²) >= 11 is 39.4. The van der Waals surface area contributed by atoms with Crippen molar-refractivity contribution < 1.29 is 52.3 Å². The van der Waals surface area contributed by atoms with Gasteiger partial charge in [-0.2, -0.15) is 0 Å². The SMILES string of the molecule is CN(c1ccccc1)c1ccc(C(=O)c2c(Cl)ncnc2Cl)cc1.CN(c1ccccc1)c1ccc(C(=O)c2c(N)ncnc2Cl)cc1.CN(c1ccccc1)c1ccc(C(=O)c2c(N)ncnc2NC2CCCCC2)cc1.CN(c1ccccc1)c1ccc(C(O)c2c(Cl)ncnc2Cl)cc1.CN(c1ccccc1)c1ccc(C=O)cc1.Clc1cc(Cl)ncn1.N.NC1CCCCC1.O.[O]=[Mn]=[O]. The van der Waals surface area contributed by atoms with E-state index in [-0.39, 0.29) is 77.5 Å². The van der Waals surface area contributed by atoms with Crippen molar-refractivity contribution >= 4 is 179 Å². The van der Waals surface area contributed by atoms with E-state index in [1.807, 2.05) is 294 Å². The van der Waals surface area contributed by atoms with Gasteiger partial charge in [0, 0.05) is 133 Å². The van der Waals surface area contributed by atoms with Gasteiger partial charge in [-0.05, 0) is 201 Å². The summed E-state index contributed by atoms with van der Waals surface area (Å²) in [7, 11) is 9.92. The van der Waals surface area contributed by atoms with Gasteiger partial charge in [0.1, 0.15) is 109 Å². The van der Waals surface area contributed by atoms with Crippen LogP contribution in [-0.4, -0.2) is 131 Å². The average Bonchev–Trinajstić information content (AvgIpc) is 0.807. The molecule has 0 spiro atoms. The summed E-state index contributed by atoms with van der Waals surface area (Å²) in [5.74, 6) is 0.0426. The van der Waals surface area contributed by atoms with Crippen LogP contribution in [0, 0.1) is 0 Å². The standard InChI is InChI=1S/C24H27N5O.C18H15Cl2N3O.C18H13Cl2N3O.C18H15ClN4O.C14H13NO.C6H13N.C4H2Cl2N2.Mn.H3N.H2O.2O/c1-29(19-10-6-3-7-11-19)20-14-12-17(13-15-20)22(30)21-23(25)26-16-27-24(21)28-18-8-4-2-5-9-18;3*1-23(13-5-3-2-4-6-13)14-9-7-12(8-10-14)16(24)15-17(19)21-11-22-18(15)20;1-15(13-5-3-2-4-6-13)14-9-7-12(11-16)8-10-14;7-6-4-2-1-3-5-6;5-3-1-4(6)8-2-7-3;;;;;/h3,6-7,10-16,18H,2,4-5,8-9H2,1H3,(H3,25,26,27,28);2-11,16,24H,1H3;2-11H,1H3;2-11H,1H3,(H2,20,21,22);2-11H,1H3;6H,1-5,7H2;1-2H;;1H3;1H2;;. The van der Waals surface area contributed by atoms with E-state index in [1.54, 1.807) is 24.3 Å². The monoisotopic (exact) mass is 2040 g/mol. The third kappa shape index (κ3) is 32.4. The maximum absolute atomic E-state index is 13.3. The molecule has 1 unspecified atom stereocenters. The fourth-order valence-corrected chi connectivity index (χ4v) is 15.7. The van der Waals surface area contributed by atoms with Crippen molar-refractivity contribution in [3.63, 3.8) is 0 Å². The third-order valence-corrected chi connectivity index (χ3v) is 23.6. The fraction of sp³-hybridized carbons (Fsp3) is 0.176. The number of nitrogens with zero attached hydrogens (tertiary/aromatic N) is 15. The second kappa shape index (κ2) is 57.0. The Balaban J connectivity index is 0.000000203. The Labute approximate surface area is 842 Å². The minimum absolute atomic E-state index is 0. The average molecular weight is 2040 g/mol. The quantitative estimate of drug-likeness (QED) is 0.0168. The number of aliphatic hydroxyl groups excluding tert-OH is 1. The van der Waals surface area contributed by atoms with E-state index in [0.29, 0.717) is 67.2 Å². The summed E-state index contributed by atoms with van der Waals surface area (Å²) in [6.07, 6.45) is 18.8. The maximum atomic E-state index is 13.3. The van der Waals surface area contributed by atoms with Crippen molar-refractivity contribution in [2.45, 2.75) is 82.4 Å². The Morgan fingerprint density at radius 1 is 0.370 bits per heavy atom. The number of aliphatic hydroxyl groups is 1. The molecule has 13 N–H and O–H groups in total. The van der Waals surface area contributed by atoms with Gasteiger partial charge < -0.3 is 63.8 Å². The van der Waals surface area contributed by atoms with Crippen LogP contribution in [0.1, 0.15) is 140 Å². The van der Waals surface area contributed by atoms with E-state index >= 15 is 0 Å². The molecule has 36 heteroatoms. The molecule has 5 heterocycles. The number of aromatic nitrogens is 10. The van der Waals surface area contributed by atoms with Gasteiger partial charge in [0.25, 0.3) is 0 Å². The van der Waals surface area contributed by atoms with Gasteiger partial charge in [0.15, 0.2) is 17.3 Å². The van der Waals surface area contributed by atoms with E-state index in [9.17, 15) is 24.3 Å². The van der Waals surface area contributed by atoms with Gasteiger partial charge in [-0.1, -0.05) is 223 Å². The Morgan fingerprint density at radius 3 is 0.949 bits per heavy atom. The van der Waals surface area contributed by atoms with Crippen LogP contribution < -0.4 is 53.2 Å². The number of hydrogen-bond donors (Lipinski definition) is 6. The molecule has 0 bridgehead atoms. The molecule has 5 aromatic heterocycles. The van der Waals surface area contributed by atoms with Crippen LogP contribution >= 0.6 is 81.2 Å². The second-order valence-electron chi connectivity index (χ2n) is 30.5. The number of halogens is 7. The molecule has 0 saturated heterocycles. The van der Waals surface area contributed by atoms with E-state index in [0.717, 1.165) is 76.0 Å². The van der Waals surface area contributed by atoms with Crippen LogP contribution in [0.2, 0.25) is 36.1 Å². The molecule has 138 heavy (non-hydrogen) atoms. The Kier molecular flexibility index (Phi) is 45.4. The molecule has 1 atom stereocenters. The first-order valence-corrected chi connectivity index (χ1v) is 46.3. The van der Waals surface area contributed by atoms with Crippen LogP contribution in [0.25, 0.3) is 0 Å². The molecule has 0 radical (unpaired) electrons. The van der Waals surface area contributed by atoms with Gasteiger partial charge in [-0.25, -0.2) is 49.8 Å². The number of nitrogens with two attached hydrogens (primary N) is 3. The summed E-state index contributed by atoms with van der Waals surface area (Å²) in [5.41, 5.74) is 31.6. The fourth-order valence-electron chi connectivity index (χ4n) is 14.1. The molecule has 2 saturated carbocycles. The molecule has 2 fully saturated rings. The molecule has 0 aliphatic heterocycles. The zero-order valence-corrected chi connectivity index (χ0v) is 82.4. The van der Waals surface area contributed by atoms with Crippen LogP contribution in [0.4, 0.5) is 74.3 Å². The van der Waals surface area contributed by atoms with Crippen LogP contribution in [-0.2, 0) is 22.5 Å². The number of ketones is 3. The van der Waals surface area contributed by atoms with Crippen LogP contribution in [0.15, 0.2) is 311 Å². The molecular weight excluding hydrogens is 1940 g/mol. The van der Waals surface area contributed by atoms with Gasteiger partial charge in [0.05, 0.1) is 11.1 Å². The van der Waals surface area contributed by atoms with Crippen LogP contribution in [0.5, 0.6) is 0 Å². The number of carbonyl (C=O) groups excluding carboxylic acids is 4. The van der Waals surface area contributed by atoms with Crippen molar-refractivity contribution in [1.82, 2.24) is 56.0 Å². The summed E-state index contributed by atoms with van der Waals surface area (Å²) in [5, 5.41) is 15.1. The van der Waals surface area contributed by atoms with Gasteiger partial charge in [-0.3, -0.25) is 19.2 Å². The normalized spacial score (nSPS) is 11.9. The first-order chi connectivity index (χ1) is 65.8. The molecule has 2 aliphatic carbocycles. The number of nitrogen functional groups attached to an aromatic ring is 2. The Morgan fingerprint density at radius 2 is 0.638 bits per heavy atom. The predicted molar refractivity (Wildman–Crippen MR) is 550 cm³/mol. The van der Waals surface area contributed by atoms with E-state index in [4.69, 9.17) is 106 Å². The van der Waals surface area contributed by atoms with Crippen molar-refractivity contribution in [2.24, 2.45) is 5.73 Å². The Bertz CT molecular complexity index is 6130. The molecule has 28 nitrogen and oxygen atoms in total. The number of hydrogen-bond acceptors (Lipinski definition) is 27. The summed E-state index contributed by atoms with van der Waals surface area (Å²) < 4.78 is 16.8. The topological polar surface area (TPSA) is 424 Å². The molecule has 15 aromatic rings. The van der Waals surface area contributed by atoms with E-state index in [1.165, 1.54) is 89.1 Å². The van der Waals surface area contributed by atoms with E-state index in [2.05, 4.69) is 69.9 Å². The van der Waals surface area contributed by atoms with Gasteiger partial charge in [-0.15, -0.1) is 0 Å². The summed E-state index contributed by atoms with van der Waals surface area (Å²) in [4.78, 5) is 97.9. The first kappa shape index (κ1) is 110. The molecule has 2 aliphatic rings. The first-order valence-electron chi connectivity index (χ1n) is 42.7. The van der Waals surface area contributed by atoms with Gasteiger partial charge in [0.2, 0.25) is 0 Å². The molecule has 0 amide bonds. The number of anilines is 13. The number of carbonyl (C=O) groups is 4. The van der Waals surface area contributed by atoms with Crippen molar-refractivity contribution in [3.05, 3.63) is 397 Å². The molecular formula is C102H103Cl7MnN20O8. The van der Waals surface area contributed by atoms with Gasteiger partial charge >= 0.3 is 22.5 Å². The zero-order valence-electron chi connectivity index (χ0n) is 75.9. The zero-order chi connectivity index (χ0) is 97.4. The van der Waals surface area contributed by atoms with Crippen molar-refractivity contribution in [3.8, 4) is 0 Å². The second-order valence-corrected chi connectivity index (χ2v) is 33.3. The molecule has 17 rings (SSSR count). The number of para-hydroxylation sites is 5. The number of rotatable bonds is 21. The number of nitrogens with one attached hydrogen (secondary N) is 1.